The number of carboxylic acids is 1. The number of halogens is 3. The van der Waals surface area contributed by atoms with Gasteiger partial charge in [-0.25, -0.2) is 19.7 Å². The molecule has 1 aliphatic heterocycles. The van der Waals surface area contributed by atoms with Gasteiger partial charge in [-0.15, -0.1) is 0 Å². The van der Waals surface area contributed by atoms with Gasteiger partial charge in [-0.05, 0) is 105 Å². The van der Waals surface area contributed by atoms with E-state index in [1.165, 1.54) is 6.07 Å². The number of ether oxygens (including phenoxy) is 1. The van der Waals surface area contributed by atoms with Crippen LogP contribution in [0.25, 0.3) is 22.2 Å². The quantitative estimate of drug-likeness (QED) is 0.180. The first-order valence-electron chi connectivity index (χ1n) is 20.2. The van der Waals surface area contributed by atoms with Crippen molar-refractivity contribution in [2.45, 2.75) is 102 Å². The van der Waals surface area contributed by atoms with E-state index >= 15 is 0 Å². The van der Waals surface area contributed by atoms with Crippen LogP contribution >= 0.6 is 0 Å². The monoisotopic (exact) mass is 783 g/mol. The van der Waals surface area contributed by atoms with Crippen molar-refractivity contribution in [3.8, 4) is 23.1 Å². The predicted molar refractivity (Wildman–Crippen MR) is 206 cm³/mol. The molecule has 8 rings (SSSR count). The molecule has 5 unspecified atom stereocenters. The average molecular weight is 784 g/mol. The minimum atomic E-state index is -5.00. The summed E-state index contributed by atoms with van der Waals surface area (Å²) >= 11 is 0. The SMILES string of the molecule is CC1CC2CC(C)C(NC(=O)c3ccc(-c4cn(C5CCC(C#N)CC5)c5cc(OC6CCN(c7ncccn7)CC6)ccc45)nc3C(F)(F)F)(C(=O)O)C(C1)C2. The van der Waals surface area contributed by atoms with E-state index in [-0.39, 0.29) is 29.7 Å². The Morgan fingerprint density at radius 3 is 2.40 bits per heavy atom. The van der Waals surface area contributed by atoms with Gasteiger partial charge in [0.15, 0.2) is 5.69 Å². The van der Waals surface area contributed by atoms with Gasteiger partial charge in [0, 0.05) is 73.5 Å². The van der Waals surface area contributed by atoms with Crippen LogP contribution in [0.2, 0.25) is 0 Å². The summed E-state index contributed by atoms with van der Waals surface area (Å²) in [5, 5.41) is 23.5. The molecule has 1 amide bonds. The van der Waals surface area contributed by atoms with Crippen molar-refractivity contribution in [1.82, 2.24) is 24.8 Å². The summed E-state index contributed by atoms with van der Waals surface area (Å²) in [6.07, 6.45) is 7.39. The number of hydrogen-bond donors (Lipinski definition) is 2. The van der Waals surface area contributed by atoms with E-state index in [0.717, 1.165) is 56.8 Å². The van der Waals surface area contributed by atoms with Gasteiger partial charge in [0.2, 0.25) is 5.95 Å². The van der Waals surface area contributed by atoms with Crippen molar-refractivity contribution in [1.29, 1.82) is 5.26 Å². The smallest absolute Gasteiger partial charge is 0.434 e. The molecule has 2 bridgehead atoms. The second-order valence-corrected chi connectivity index (χ2v) is 16.8. The number of pyridine rings is 1. The summed E-state index contributed by atoms with van der Waals surface area (Å²) in [5.74, 6) is -1.29. The maximum atomic E-state index is 14.9. The van der Waals surface area contributed by atoms with E-state index in [1.54, 1.807) is 25.4 Å². The summed E-state index contributed by atoms with van der Waals surface area (Å²) in [4.78, 5) is 41.9. The van der Waals surface area contributed by atoms with Crippen molar-refractivity contribution < 1.29 is 32.6 Å². The van der Waals surface area contributed by atoms with Gasteiger partial charge in [-0.3, -0.25) is 4.79 Å². The number of amides is 1. The number of alkyl halides is 3. The fourth-order valence-electron chi connectivity index (χ4n) is 10.4. The number of anilines is 1. The maximum absolute atomic E-state index is 14.9. The highest BCUT2D eigenvalue weighted by Crippen LogP contribution is 2.51. The van der Waals surface area contributed by atoms with Crippen molar-refractivity contribution >= 4 is 28.7 Å². The van der Waals surface area contributed by atoms with Crippen molar-refractivity contribution in [2.24, 2.45) is 29.6 Å². The van der Waals surface area contributed by atoms with Crippen LogP contribution in [0.3, 0.4) is 0 Å². The van der Waals surface area contributed by atoms with Crippen LogP contribution in [0.4, 0.5) is 19.1 Å². The molecule has 1 aromatic carbocycles. The van der Waals surface area contributed by atoms with Crippen LogP contribution in [0, 0.1) is 40.9 Å². The minimum absolute atomic E-state index is 0.00847. The van der Waals surface area contributed by atoms with Gasteiger partial charge < -0.3 is 24.6 Å². The zero-order valence-corrected chi connectivity index (χ0v) is 32.2. The molecule has 3 aromatic heterocycles. The van der Waals surface area contributed by atoms with Gasteiger partial charge in [-0.2, -0.15) is 18.4 Å². The highest BCUT2D eigenvalue weighted by atomic mass is 19.4. The number of carboxylic acid groups (broad SMARTS) is 1. The Kier molecular flexibility index (Phi) is 10.4. The van der Waals surface area contributed by atoms with Gasteiger partial charge in [0.1, 0.15) is 17.4 Å². The minimum Gasteiger partial charge on any atom is -0.490 e. The maximum Gasteiger partial charge on any atom is 0.434 e. The van der Waals surface area contributed by atoms with E-state index < -0.39 is 46.7 Å². The first kappa shape index (κ1) is 38.7. The summed E-state index contributed by atoms with van der Waals surface area (Å²) in [6, 6.07) is 12.3. The largest absolute Gasteiger partial charge is 0.490 e. The van der Waals surface area contributed by atoms with Crippen molar-refractivity contribution in [3.63, 3.8) is 0 Å². The predicted octanol–water partition coefficient (Wildman–Crippen LogP) is 8.46. The highest BCUT2D eigenvalue weighted by molar-refractivity contribution is 6.00. The number of rotatable bonds is 8. The topological polar surface area (TPSA) is 146 Å². The summed E-state index contributed by atoms with van der Waals surface area (Å²) in [7, 11) is 0. The average Bonchev–Trinajstić information content (AvgIpc) is 3.58. The van der Waals surface area contributed by atoms with E-state index in [9.17, 15) is 33.1 Å². The second-order valence-electron chi connectivity index (χ2n) is 16.8. The molecule has 300 valence electrons. The Bertz CT molecular complexity index is 2170. The Hall–Kier alpha value is -5.19. The van der Waals surface area contributed by atoms with Gasteiger partial charge in [-0.1, -0.05) is 13.8 Å². The number of aromatic nitrogens is 4. The third-order valence-corrected chi connectivity index (χ3v) is 13.2. The fourth-order valence-corrected chi connectivity index (χ4v) is 10.4. The molecule has 11 nitrogen and oxygen atoms in total. The number of fused-ring (bicyclic) bond motifs is 3. The molecule has 4 fully saturated rings. The lowest BCUT2D eigenvalue weighted by Crippen LogP contribution is -2.66. The molecular weight excluding hydrogens is 736 g/mol. The number of carbonyl (C=O) groups is 2. The second kappa shape index (κ2) is 15.3. The van der Waals surface area contributed by atoms with Crippen molar-refractivity contribution in [2.75, 3.05) is 18.0 Å². The Morgan fingerprint density at radius 1 is 0.982 bits per heavy atom. The van der Waals surface area contributed by atoms with E-state index in [0.29, 0.717) is 60.7 Å². The summed E-state index contributed by atoms with van der Waals surface area (Å²) in [5.41, 5.74) is -2.46. The van der Waals surface area contributed by atoms with Crippen LogP contribution in [0.5, 0.6) is 5.75 Å². The van der Waals surface area contributed by atoms with Crippen LogP contribution in [0.1, 0.15) is 100 Å². The van der Waals surface area contributed by atoms with Gasteiger partial charge in [0.25, 0.3) is 5.91 Å². The Balaban J connectivity index is 1.11. The number of hydrogen-bond acceptors (Lipinski definition) is 8. The molecule has 2 N–H and O–H groups in total. The van der Waals surface area contributed by atoms with Crippen LogP contribution in [0.15, 0.2) is 55.0 Å². The molecule has 4 aliphatic rings. The van der Waals surface area contributed by atoms with E-state index in [2.05, 4.69) is 42.7 Å². The Labute approximate surface area is 329 Å². The lowest BCUT2D eigenvalue weighted by atomic mass is 9.56. The van der Waals surface area contributed by atoms with Gasteiger partial charge >= 0.3 is 12.1 Å². The molecule has 14 heteroatoms. The van der Waals surface area contributed by atoms with Crippen LogP contribution in [-0.4, -0.2) is 61.2 Å². The molecule has 0 radical (unpaired) electrons. The molecule has 57 heavy (non-hydrogen) atoms. The molecule has 4 heterocycles. The number of nitrogens with one attached hydrogen (secondary N) is 1. The molecule has 3 saturated carbocycles. The normalized spacial score (nSPS) is 28.1. The molecule has 0 spiro atoms. The van der Waals surface area contributed by atoms with Crippen molar-refractivity contribution in [3.05, 3.63) is 66.2 Å². The first-order valence-corrected chi connectivity index (χ1v) is 20.2. The third kappa shape index (κ3) is 7.41. The standard InChI is InChI=1S/C43H48F3N7O4/c1-25-18-28-20-26(2)42(40(55)56,29(19-25)21-28)51-39(54)34-10-11-36(50-38(34)43(44,45)46)35-24-53(30-6-4-27(23-47)5-7-30)37-22-32(8-9-33(35)37)57-31-12-16-52(17-13-31)41-48-14-3-15-49-41/h3,8-11,14-15,22,24-31H,4-7,12-13,16-21H2,1-2H3,(H,51,54)(H,55,56). The van der Waals surface area contributed by atoms with Crippen LogP contribution in [-0.2, 0) is 11.0 Å². The number of nitrogens with zero attached hydrogens (tertiary/aromatic N) is 6. The Morgan fingerprint density at radius 2 is 1.72 bits per heavy atom. The van der Waals surface area contributed by atoms with Crippen LogP contribution < -0.4 is 15.0 Å². The molecule has 1 saturated heterocycles. The van der Waals surface area contributed by atoms with Gasteiger partial charge in [0.05, 0.1) is 22.8 Å². The van der Waals surface area contributed by atoms with E-state index in [4.69, 9.17) is 4.74 Å². The third-order valence-electron chi connectivity index (χ3n) is 13.2. The molecule has 5 atom stereocenters. The zero-order chi connectivity index (χ0) is 40.1. The number of nitriles is 1. The molecule has 4 aromatic rings. The lowest BCUT2D eigenvalue weighted by molar-refractivity contribution is -0.155. The highest BCUT2D eigenvalue weighted by Gasteiger charge is 2.57. The van der Waals surface area contributed by atoms with E-state index in [1.807, 2.05) is 24.4 Å². The number of aliphatic carboxylic acids is 1. The fraction of sp³-hybridized carbons (Fsp3) is 0.535. The number of carbonyl (C=O) groups excluding carboxylic acids is 1. The molecule has 3 aliphatic carbocycles. The zero-order valence-electron chi connectivity index (χ0n) is 32.2. The summed E-state index contributed by atoms with van der Waals surface area (Å²) in [6.45, 7) is 5.30. The summed E-state index contributed by atoms with van der Waals surface area (Å²) < 4.78 is 53.4. The first-order chi connectivity index (χ1) is 27.3. The number of benzene rings is 1. The lowest BCUT2D eigenvalue weighted by Gasteiger charge is -2.52. The molecular formula is C43H48F3N7O4. The number of piperidine rings is 1.